The lowest BCUT2D eigenvalue weighted by Crippen LogP contribution is -2.05. The van der Waals surface area contributed by atoms with E-state index in [1.165, 1.54) is 11.1 Å². The molecule has 0 aliphatic heterocycles. The number of pyridine rings is 1. The van der Waals surface area contributed by atoms with Crippen molar-refractivity contribution >= 4 is 33.9 Å². The molecule has 0 aliphatic rings. The Morgan fingerprint density at radius 2 is 1.95 bits per heavy atom. The molecule has 0 bridgehead atoms. The molecule has 2 rings (SSSR count). The van der Waals surface area contributed by atoms with Gasteiger partial charge in [0.05, 0.1) is 0 Å². The first-order valence-corrected chi connectivity index (χ1v) is 6.61. The summed E-state index contributed by atoms with van der Waals surface area (Å²) in [7, 11) is 1.94. The van der Waals surface area contributed by atoms with Crippen molar-refractivity contribution in [2.45, 2.75) is 0 Å². The highest BCUT2D eigenvalue weighted by Crippen LogP contribution is 2.23. The minimum absolute atomic E-state index is 0. The fraction of sp³-hybridized carbons (Fsp3) is 0.133. The molecule has 1 N–H and O–H groups in total. The van der Waals surface area contributed by atoms with Crippen molar-refractivity contribution in [1.82, 2.24) is 10.3 Å². The van der Waals surface area contributed by atoms with Crippen LogP contribution in [-0.4, -0.2) is 18.6 Å². The summed E-state index contributed by atoms with van der Waals surface area (Å²) in [5.74, 6) is 0. The first-order chi connectivity index (χ1) is 8.81. The number of nitrogens with one attached hydrogen (secondary N) is 1. The maximum Gasteiger partial charge on any atom is 0.0346 e. The van der Waals surface area contributed by atoms with E-state index >= 15 is 0 Å². The molecule has 1 heterocycles. The highest BCUT2D eigenvalue weighted by Gasteiger charge is 2.04. The zero-order valence-corrected chi connectivity index (χ0v) is 13.0. The van der Waals surface area contributed by atoms with E-state index in [2.05, 4.69) is 62.6 Å². The van der Waals surface area contributed by atoms with Gasteiger partial charge in [0.1, 0.15) is 0 Å². The van der Waals surface area contributed by atoms with Crippen molar-refractivity contribution in [3.63, 3.8) is 0 Å². The molecule has 0 atom stereocenters. The Balaban J connectivity index is 0.00000180. The number of likely N-dealkylation sites (N-methyl/N-ethyl adjacent to an activating group) is 1. The standard InChI is InChI=1S/C15H15BrN2.ClH/c1-17-10-8-15(13-3-2-9-18-11-13)12-4-6-14(16)7-5-12;/h2-9,11,17H,10H2,1H3;1H/b15-8-;. The molecule has 0 amide bonds. The lowest BCUT2D eigenvalue weighted by Gasteiger charge is -2.08. The minimum atomic E-state index is 0. The van der Waals surface area contributed by atoms with E-state index in [1.54, 1.807) is 6.20 Å². The SMILES string of the molecule is CNC/C=C(/c1ccc(Br)cc1)c1cccnc1.Cl. The fourth-order valence-electron chi connectivity index (χ4n) is 1.76. The number of benzene rings is 1. The first kappa shape index (κ1) is 15.9. The van der Waals surface area contributed by atoms with Gasteiger partial charge in [-0.1, -0.05) is 40.2 Å². The maximum atomic E-state index is 4.19. The third-order valence-electron chi connectivity index (χ3n) is 2.64. The quantitative estimate of drug-likeness (QED) is 0.913. The third-order valence-corrected chi connectivity index (χ3v) is 3.17. The Morgan fingerprint density at radius 3 is 2.53 bits per heavy atom. The van der Waals surface area contributed by atoms with E-state index in [-0.39, 0.29) is 12.4 Å². The van der Waals surface area contributed by atoms with E-state index in [0.717, 1.165) is 16.6 Å². The van der Waals surface area contributed by atoms with Crippen LogP contribution in [0.2, 0.25) is 0 Å². The molecule has 1 aromatic carbocycles. The normalized spacial score (nSPS) is 10.9. The summed E-state index contributed by atoms with van der Waals surface area (Å²) in [6.07, 6.45) is 5.87. The highest BCUT2D eigenvalue weighted by molar-refractivity contribution is 9.10. The van der Waals surface area contributed by atoms with Crippen LogP contribution in [0, 0.1) is 0 Å². The molecular formula is C15H16BrClN2. The lowest BCUT2D eigenvalue weighted by molar-refractivity contribution is 0.920. The Labute approximate surface area is 128 Å². The van der Waals surface area contributed by atoms with Gasteiger partial charge in [-0.2, -0.15) is 0 Å². The predicted molar refractivity (Wildman–Crippen MR) is 86.6 cm³/mol. The maximum absolute atomic E-state index is 4.19. The van der Waals surface area contributed by atoms with Gasteiger partial charge in [-0.05, 0) is 36.4 Å². The fourth-order valence-corrected chi connectivity index (χ4v) is 2.02. The van der Waals surface area contributed by atoms with Crippen LogP contribution >= 0.6 is 28.3 Å². The van der Waals surface area contributed by atoms with Gasteiger partial charge >= 0.3 is 0 Å². The zero-order chi connectivity index (χ0) is 12.8. The molecule has 19 heavy (non-hydrogen) atoms. The third kappa shape index (κ3) is 4.46. The van der Waals surface area contributed by atoms with Crippen LogP contribution in [0.4, 0.5) is 0 Å². The van der Waals surface area contributed by atoms with Crippen LogP contribution in [0.25, 0.3) is 5.57 Å². The van der Waals surface area contributed by atoms with Gasteiger partial charge in [0.2, 0.25) is 0 Å². The predicted octanol–water partition coefficient (Wildman–Crippen LogP) is 3.92. The summed E-state index contributed by atoms with van der Waals surface area (Å²) < 4.78 is 1.09. The first-order valence-electron chi connectivity index (χ1n) is 5.82. The number of hydrogen-bond acceptors (Lipinski definition) is 2. The summed E-state index contributed by atoms with van der Waals surface area (Å²) in [4.78, 5) is 4.19. The molecule has 0 saturated heterocycles. The number of halogens is 2. The van der Waals surface area contributed by atoms with Crippen LogP contribution in [0.5, 0.6) is 0 Å². The summed E-state index contributed by atoms with van der Waals surface area (Å²) in [6.45, 7) is 0.834. The van der Waals surface area contributed by atoms with Crippen molar-refractivity contribution in [1.29, 1.82) is 0 Å². The number of hydrogen-bond donors (Lipinski definition) is 1. The van der Waals surface area contributed by atoms with Crippen LogP contribution < -0.4 is 5.32 Å². The Hall–Kier alpha value is -1.16. The van der Waals surface area contributed by atoms with Crippen LogP contribution in [-0.2, 0) is 0 Å². The monoisotopic (exact) mass is 338 g/mol. The molecule has 0 unspecified atom stereocenters. The van der Waals surface area contributed by atoms with Crippen molar-refractivity contribution in [3.05, 3.63) is 70.5 Å². The summed E-state index contributed by atoms with van der Waals surface area (Å²) in [5, 5.41) is 3.14. The number of aromatic nitrogens is 1. The molecule has 4 heteroatoms. The van der Waals surface area contributed by atoms with Gasteiger partial charge in [0, 0.05) is 29.0 Å². The van der Waals surface area contributed by atoms with Crippen molar-refractivity contribution in [3.8, 4) is 0 Å². The molecule has 100 valence electrons. The highest BCUT2D eigenvalue weighted by atomic mass is 79.9. The Morgan fingerprint density at radius 1 is 1.21 bits per heavy atom. The lowest BCUT2D eigenvalue weighted by atomic mass is 9.99. The molecule has 0 fully saturated rings. The zero-order valence-electron chi connectivity index (χ0n) is 10.6. The largest absolute Gasteiger partial charge is 0.316 e. The van der Waals surface area contributed by atoms with Gasteiger partial charge in [-0.15, -0.1) is 12.4 Å². The second kappa shape index (κ2) is 8.10. The van der Waals surface area contributed by atoms with Gasteiger partial charge in [0.25, 0.3) is 0 Å². The summed E-state index contributed by atoms with van der Waals surface area (Å²) in [6, 6.07) is 12.4. The second-order valence-corrected chi connectivity index (χ2v) is 4.84. The summed E-state index contributed by atoms with van der Waals surface area (Å²) >= 11 is 3.46. The molecule has 0 radical (unpaired) electrons. The molecule has 0 spiro atoms. The van der Waals surface area contributed by atoms with Crippen LogP contribution in [0.15, 0.2) is 59.3 Å². The Bertz CT molecular complexity index is 524. The topological polar surface area (TPSA) is 24.9 Å². The molecule has 1 aromatic heterocycles. The van der Waals surface area contributed by atoms with Crippen LogP contribution in [0.1, 0.15) is 11.1 Å². The molecular weight excluding hydrogens is 324 g/mol. The molecule has 0 aliphatic carbocycles. The van der Waals surface area contributed by atoms with Crippen molar-refractivity contribution < 1.29 is 0 Å². The number of rotatable bonds is 4. The van der Waals surface area contributed by atoms with Gasteiger partial charge in [0.15, 0.2) is 0 Å². The van der Waals surface area contributed by atoms with Crippen molar-refractivity contribution in [2.24, 2.45) is 0 Å². The second-order valence-electron chi connectivity index (χ2n) is 3.92. The van der Waals surface area contributed by atoms with Gasteiger partial charge < -0.3 is 5.32 Å². The van der Waals surface area contributed by atoms with E-state index < -0.39 is 0 Å². The van der Waals surface area contributed by atoms with E-state index in [9.17, 15) is 0 Å². The molecule has 2 aromatic rings. The molecule has 2 nitrogen and oxygen atoms in total. The Kier molecular flexibility index (Phi) is 6.78. The van der Waals surface area contributed by atoms with Gasteiger partial charge in [-0.3, -0.25) is 4.98 Å². The van der Waals surface area contributed by atoms with Gasteiger partial charge in [-0.25, -0.2) is 0 Å². The summed E-state index contributed by atoms with van der Waals surface area (Å²) in [5.41, 5.74) is 3.53. The smallest absolute Gasteiger partial charge is 0.0346 e. The van der Waals surface area contributed by atoms with Crippen LogP contribution in [0.3, 0.4) is 0 Å². The molecule has 0 saturated carbocycles. The van der Waals surface area contributed by atoms with E-state index in [1.807, 2.05) is 19.3 Å². The van der Waals surface area contributed by atoms with Crippen molar-refractivity contribution in [2.75, 3.05) is 13.6 Å². The van der Waals surface area contributed by atoms with E-state index in [0.29, 0.717) is 0 Å². The average Bonchev–Trinajstić information content (AvgIpc) is 2.42. The average molecular weight is 340 g/mol. The number of nitrogens with zero attached hydrogens (tertiary/aromatic N) is 1. The van der Waals surface area contributed by atoms with E-state index in [4.69, 9.17) is 0 Å². The minimum Gasteiger partial charge on any atom is -0.316 e.